The highest BCUT2D eigenvalue weighted by molar-refractivity contribution is 5.94. The number of carbonyl (C=O) groups excluding carboxylic acids is 1. The van der Waals surface area contributed by atoms with Crippen molar-refractivity contribution in [3.63, 3.8) is 0 Å². The van der Waals surface area contributed by atoms with Crippen LogP contribution < -0.4 is 16.2 Å². The number of hydrogen-bond acceptors (Lipinski definition) is 3. The van der Waals surface area contributed by atoms with Gasteiger partial charge in [-0.05, 0) is 49.2 Å². The number of aromatic nitrogens is 1. The number of halogens is 2. The Balaban J connectivity index is 0.00000225. The van der Waals surface area contributed by atoms with Gasteiger partial charge in [-0.25, -0.2) is 4.39 Å². The van der Waals surface area contributed by atoms with Gasteiger partial charge in [0.15, 0.2) is 0 Å². The zero-order chi connectivity index (χ0) is 16.9. The molecule has 0 bridgehead atoms. The molecule has 1 fully saturated rings. The molecule has 2 aromatic rings. The first kappa shape index (κ1) is 19.1. The third-order valence-electron chi connectivity index (χ3n) is 4.17. The molecule has 134 valence electrons. The number of hydrogen-bond donors (Lipinski definition) is 2. The van der Waals surface area contributed by atoms with Crippen molar-refractivity contribution >= 4 is 24.0 Å². The highest BCUT2D eigenvalue weighted by Gasteiger charge is 2.21. The van der Waals surface area contributed by atoms with Crippen molar-refractivity contribution in [1.82, 2.24) is 9.88 Å². The van der Waals surface area contributed by atoms with E-state index in [0.29, 0.717) is 6.54 Å². The average molecular weight is 366 g/mol. The second kappa shape index (κ2) is 8.78. The lowest BCUT2D eigenvalue weighted by Crippen LogP contribution is -2.44. The molecule has 0 saturated carbocycles. The first-order valence-electron chi connectivity index (χ1n) is 8.11. The van der Waals surface area contributed by atoms with E-state index in [-0.39, 0.29) is 41.4 Å². The van der Waals surface area contributed by atoms with Crippen LogP contribution in [0.2, 0.25) is 0 Å². The predicted molar refractivity (Wildman–Crippen MR) is 97.7 cm³/mol. The van der Waals surface area contributed by atoms with Gasteiger partial charge in [-0.2, -0.15) is 0 Å². The lowest BCUT2D eigenvalue weighted by molar-refractivity contribution is -0.118. The highest BCUT2D eigenvalue weighted by Crippen LogP contribution is 2.10. The van der Waals surface area contributed by atoms with Crippen LogP contribution in [-0.2, 0) is 11.3 Å². The number of anilines is 1. The molecule has 0 aliphatic carbocycles. The van der Waals surface area contributed by atoms with E-state index in [1.807, 2.05) is 0 Å². The Kier molecular flexibility index (Phi) is 6.73. The highest BCUT2D eigenvalue weighted by atomic mass is 35.5. The summed E-state index contributed by atoms with van der Waals surface area (Å²) >= 11 is 0. The van der Waals surface area contributed by atoms with Crippen LogP contribution in [0.15, 0.2) is 47.4 Å². The monoisotopic (exact) mass is 365 g/mol. The van der Waals surface area contributed by atoms with Crippen LogP contribution in [0, 0.1) is 5.82 Å². The van der Waals surface area contributed by atoms with Crippen LogP contribution in [0.4, 0.5) is 10.1 Å². The van der Waals surface area contributed by atoms with Crippen molar-refractivity contribution in [1.29, 1.82) is 0 Å². The van der Waals surface area contributed by atoms with Gasteiger partial charge >= 0.3 is 0 Å². The topological polar surface area (TPSA) is 63.1 Å². The van der Waals surface area contributed by atoms with E-state index < -0.39 is 0 Å². The number of rotatable bonds is 4. The Morgan fingerprint density at radius 3 is 2.68 bits per heavy atom. The number of amides is 1. The second-order valence-electron chi connectivity index (χ2n) is 5.97. The smallest absolute Gasteiger partial charge is 0.274 e. The summed E-state index contributed by atoms with van der Waals surface area (Å²) < 4.78 is 14.5. The quantitative estimate of drug-likeness (QED) is 0.875. The Labute approximate surface area is 151 Å². The van der Waals surface area contributed by atoms with E-state index in [0.717, 1.165) is 31.4 Å². The van der Waals surface area contributed by atoms with Gasteiger partial charge in [-0.15, -0.1) is 12.4 Å². The lowest BCUT2D eigenvalue weighted by atomic mass is 10.0. The molecule has 1 aliphatic heterocycles. The molecular weight excluding hydrogens is 345 g/mol. The van der Waals surface area contributed by atoms with Crippen molar-refractivity contribution in [2.75, 3.05) is 11.9 Å². The molecule has 0 radical (unpaired) electrons. The summed E-state index contributed by atoms with van der Waals surface area (Å²) in [6.45, 7) is 1.15. The van der Waals surface area contributed by atoms with Gasteiger partial charge < -0.3 is 15.2 Å². The van der Waals surface area contributed by atoms with Gasteiger partial charge in [-0.1, -0.05) is 18.6 Å². The van der Waals surface area contributed by atoms with Gasteiger partial charge in [0, 0.05) is 6.20 Å². The minimum atomic E-state index is -0.313. The third-order valence-corrected chi connectivity index (χ3v) is 4.17. The fraction of sp³-hybridized carbons (Fsp3) is 0.333. The molecule has 1 unspecified atom stereocenters. The first-order valence-corrected chi connectivity index (χ1v) is 8.11. The summed E-state index contributed by atoms with van der Waals surface area (Å²) in [6, 6.07) is 9.07. The van der Waals surface area contributed by atoms with Gasteiger partial charge in [0.1, 0.15) is 11.5 Å². The van der Waals surface area contributed by atoms with E-state index in [9.17, 15) is 14.0 Å². The first-order chi connectivity index (χ1) is 11.6. The minimum Gasteiger partial charge on any atom is -0.320 e. The average Bonchev–Trinajstić information content (AvgIpc) is 2.61. The van der Waals surface area contributed by atoms with Gasteiger partial charge in [0.2, 0.25) is 5.91 Å². The molecule has 1 amide bonds. The third kappa shape index (κ3) is 4.90. The van der Waals surface area contributed by atoms with Gasteiger partial charge in [0.25, 0.3) is 5.56 Å². The summed E-state index contributed by atoms with van der Waals surface area (Å²) in [5.41, 5.74) is 0.805. The van der Waals surface area contributed by atoms with Crippen LogP contribution in [0.3, 0.4) is 0 Å². The predicted octanol–water partition coefficient (Wildman–Crippen LogP) is 2.54. The van der Waals surface area contributed by atoms with E-state index >= 15 is 0 Å². The summed E-state index contributed by atoms with van der Waals surface area (Å²) in [7, 11) is 0. The molecule has 3 rings (SSSR count). The van der Waals surface area contributed by atoms with Crippen molar-refractivity contribution in [3.05, 3.63) is 64.3 Å². The van der Waals surface area contributed by atoms with E-state index in [2.05, 4.69) is 10.6 Å². The fourth-order valence-electron chi connectivity index (χ4n) is 2.84. The molecule has 1 aromatic heterocycles. The zero-order valence-corrected chi connectivity index (χ0v) is 14.5. The van der Waals surface area contributed by atoms with Crippen LogP contribution >= 0.6 is 12.4 Å². The molecule has 7 heteroatoms. The minimum absolute atomic E-state index is 0. The van der Waals surface area contributed by atoms with Gasteiger partial charge in [-0.3, -0.25) is 9.59 Å². The van der Waals surface area contributed by atoms with Crippen molar-refractivity contribution in [3.8, 4) is 0 Å². The Morgan fingerprint density at radius 1 is 1.24 bits per heavy atom. The number of nitrogens with one attached hydrogen (secondary N) is 2. The zero-order valence-electron chi connectivity index (χ0n) is 13.7. The van der Waals surface area contributed by atoms with Crippen molar-refractivity contribution in [2.24, 2.45) is 0 Å². The molecule has 1 aliphatic rings. The molecule has 1 saturated heterocycles. The maximum Gasteiger partial charge on any atom is 0.274 e. The number of piperidine rings is 1. The molecule has 25 heavy (non-hydrogen) atoms. The van der Waals surface area contributed by atoms with E-state index in [1.165, 1.54) is 16.7 Å². The summed E-state index contributed by atoms with van der Waals surface area (Å²) in [6.07, 6.45) is 4.51. The van der Waals surface area contributed by atoms with Crippen LogP contribution in [0.1, 0.15) is 24.8 Å². The molecular formula is C18H21ClFN3O2. The second-order valence-corrected chi connectivity index (χ2v) is 5.97. The maximum absolute atomic E-state index is 13.0. The number of benzene rings is 1. The molecule has 1 aromatic carbocycles. The number of pyridine rings is 1. The summed E-state index contributed by atoms with van der Waals surface area (Å²) in [4.78, 5) is 24.8. The molecule has 5 nitrogen and oxygen atoms in total. The van der Waals surface area contributed by atoms with Crippen LogP contribution in [0.25, 0.3) is 0 Å². The van der Waals surface area contributed by atoms with Crippen molar-refractivity contribution < 1.29 is 9.18 Å². The number of carbonyl (C=O) groups is 1. The van der Waals surface area contributed by atoms with E-state index in [4.69, 9.17) is 0 Å². The summed E-state index contributed by atoms with van der Waals surface area (Å²) in [5.74, 6) is -0.488. The maximum atomic E-state index is 13.0. The van der Waals surface area contributed by atoms with Crippen LogP contribution in [0.5, 0.6) is 0 Å². The van der Waals surface area contributed by atoms with E-state index in [1.54, 1.807) is 30.5 Å². The van der Waals surface area contributed by atoms with Crippen LogP contribution in [-0.4, -0.2) is 23.1 Å². The molecule has 1 atom stereocenters. The Hall–Kier alpha value is -2.18. The standard InChI is InChI=1S/C18H20FN3O2.ClH/c19-14-8-6-13(7-9-14)12-22-11-3-5-16(18(22)24)21-17(23)15-4-1-2-10-20-15;/h3,5-9,11,15,20H,1-2,4,10,12H2,(H,21,23);1H. The SMILES string of the molecule is Cl.O=C(Nc1cccn(Cc2ccc(F)cc2)c1=O)C1CCCCN1. The fourth-order valence-corrected chi connectivity index (χ4v) is 2.84. The Bertz CT molecular complexity index is 771. The largest absolute Gasteiger partial charge is 0.320 e. The molecule has 2 N–H and O–H groups in total. The molecule has 2 heterocycles. The molecule has 0 spiro atoms. The lowest BCUT2D eigenvalue weighted by Gasteiger charge is -2.22. The number of nitrogens with zero attached hydrogens (tertiary/aromatic N) is 1. The normalized spacial score (nSPS) is 16.8. The Morgan fingerprint density at radius 2 is 2.00 bits per heavy atom. The van der Waals surface area contributed by atoms with Crippen molar-refractivity contribution in [2.45, 2.75) is 31.8 Å². The summed E-state index contributed by atoms with van der Waals surface area (Å²) in [5, 5.41) is 5.88. The van der Waals surface area contributed by atoms with Gasteiger partial charge in [0.05, 0.1) is 12.6 Å².